The van der Waals surface area contributed by atoms with Gasteiger partial charge in [-0.25, -0.2) is 15.4 Å². The van der Waals surface area contributed by atoms with Crippen LogP contribution in [-0.2, 0) is 11.2 Å². The first kappa shape index (κ1) is 23.2. The molecule has 2 aromatic carbocycles. The van der Waals surface area contributed by atoms with E-state index < -0.39 is 45.3 Å². The number of phenolic OH excluding ortho intramolecular Hbond substituents is 1. The second kappa shape index (κ2) is 9.75. The Balaban J connectivity index is 1.92. The van der Waals surface area contributed by atoms with Crippen molar-refractivity contribution in [2.75, 3.05) is 0 Å². The quantitative estimate of drug-likeness (QED) is 0.121. The summed E-state index contributed by atoms with van der Waals surface area (Å²) in [6.45, 7) is 2.06. The highest BCUT2D eigenvalue weighted by atomic mass is 16.6. The van der Waals surface area contributed by atoms with Crippen LogP contribution in [0.3, 0.4) is 0 Å². The van der Waals surface area contributed by atoms with E-state index in [1.54, 1.807) is 17.6 Å². The number of furan rings is 1. The number of nitro benzene ring substituents is 1. The Labute approximate surface area is 186 Å². The highest BCUT2D eigenvalue weighted by Crippen LogP contribution is 2.33. The van der Waals surface area contributed by atoms with Crippen LogP contribution in [0.5, 0.6) is 5.75 Å². The number of rotatable bonds is 7. The highest BCUT2D eigenvalue weighted by molar-refractivity contribution is 6.12. The molecule has 0 fully saturated rings. The van der Waals surface area contributed by atoms with Crippen molar-refractivity contribution < 1.29 is 33.6 Å². The van der Waals surface area contributed by atoms with Gasteiger partial charge in [0, 0.05) is 5.56 Å². The lowest BCUT2D eigenvalue weighted by atomic mass is 10.0. The topological polar surface area (TPSA) is 175 Å². The van der Waals surface area contributed by atoms with Crippen LogP contribution in [0, 0.1) is 10.1 Å². The molecule has 0 aliphatic carbocycles. The van der Waals surface area contributed by atoms with Gasteiger partial charge >= 0.3 is 17.6 Å². The number of hydrogen-bond acceptors (Lipinski definition) is 9. The van der Waals surface area contributed by atoms with Gasteiger partial charge in [0.25, 0.3) is 5.91 Å². The van der Waals surface area contributed by atoms with Crippen LogP contribution in [0.25, 0.3) is 11.1 Å². The summed E-state index contributed by atoms with van der Waals surface area (Å²) in [7, 11) is 0. The lowest BCUT2D eigenvalue weighted by molar-refractivity contribution is -0.386. The maximum absolute atomic E-state index is 12.6. The molecule has 3 aromatic rings. The number of carbonyl (C=O) groups is 3. The average Bonchev–Trinajstić information content (AvgIpc) is 3.28. The number of phenols is 1. The Hall–Kier alpha value is -4.51. The van der Waals surface area contributed by atoms with Crippen molar-refractivity contribution in [1.82, 2.24) is 5.43 Å². The molecule has 0 bridgehead atoms. The zero-order valence-corrected chi connectivity index (χ0v) is 17.4. The molecule has 11 heteroatoms. The summed E-state index contributed by atoms with van der Waals surface area (Å²) >= 11 is 0. The number of nitrogens with one attached hydrogen (secondary N) is 1. The SMILES string of the molecule is CCCc1ccc(-c2ccoc2C(=O)OC(=O)c2ccc(O)c([N+](=O)[O-])c2C(=O)NN)cc1. The summed E-state index contributed by atoms with van der Waals surface area (Å²) in [4.78, 5) is 47.6. The minimum absolute atomic E-state index is 0.273. The fourth-order valence-corrected chi connectivity index (χ4v) is 3.26. The number of ether oxygens (including phenoxy) is 1. The van der Waals surface area contributed by atoms with Crippen molar-refractivity contribution >= 4 is 23.5 Å². The van der Waals surface area contributed by atoms with Gasteiger partial charge in [0.15, 0.2) is 5.75 Å². The number of hydrogen-bond donors (Lipinski definition) is 3. The van der Waals surface area contributed by atoms with E-state index in [-0.39, 0.29) is 5.76 Å². The number of amides is 1. The smallest absolute Gasteiger partial charge is 0.382 e. The van der Waals surface area contributed by atoms with E-state index in [0.29, 0.717) is 11.1 Å². The van der Waals surface area contributed by atoms with Crippen LogP contribution in [0.2, 0.25) is 0 Å². The number of esters is 2. The summed E-state index contributed by atoms with van der Waals surface area (Å²) in [5.41, 5.74) is 1.22. The zero-order chi connectivity index (χ0) is 24.1. The number of nitrogens with two attached hydrogens (primary N) is 1. The second-order valence-electron chi connectivity index (χ2n) is 6.87. The first-order chi connectivity index (χ1) is 15.8. The number of nitrogens with zero attached hydrogens (tertiary/aromatic N) is 1. The average molecular weight is 453 g/mol. The molecule has 33 heavy (non-hydrogen) atoms. The molecule has 0 radical (unpaired) electrons. The number of carbonyl (C=O) groups excluding carboxylic acids is 3. The fourth-order valence-electron chi connectivity index (χ4n) is 3.26. The van der Waals surface area contributed by atoms with E-state index in [0.717, 1.165) is 30.5 Å². The number of nitrogen functional groups attached to an aromatic ring is 1. The van der Waals surface area contributed by atoms with Crippen molar-refractivity contribution in [2.45, 2.75) is 19.8 Å². The van der Waals surface area contributed by atoms with Gasteiger partial charge in [0.2, 0.25) is 5.76 Å². The van der Waals surface area contributed by atoms with Crippen molar-refractivity contribution in [3.63, 3.8) is 0 Å². The third kappa shape index (κ3) is 4.72. The first-order valence-corrected chi connectivity index (χ1v) is 9.73. The lowest BCUT2D eigenvalue weighted by Crippen LogP contribution is -2.32. The van der Waals surface area contributed by atoms with E-state index >= 15 is 0 Å². The summed E-state index contributed by atoms with van der Waals surface area (Å²) in [5.74, 6) is 0.119. The molecule has 0 aliphatic rings. The molecule has 0 saturated carbocycles. The Kier molecular flexibility index (Phi) is 6.84. The van der Waals surface area contributed by atoms with Crippen LogP contribution < -0.4 is 11.3 Å². The number of hydrazine groups is 1. The summed E-state index contributed by atoms with van der Waals surface area (Å²) in [6.07, 6.45) is 3.12. The van der Waals surface area contributed by atoms with Crippen LogP contribution in [0.15, 0.2) is 53.1 Å². The molecule has 1 aromatic heterocycles. The van der Waals surface area contributed by atoms with Gasteiger partial charge in [-0.15, -0.1) is 0 Å². The Morgan fingerprint density at radius 1 is 1.12 bits per heavy atom. The molecular weight excluding hydrogens is 434 g/mol. The third-order valence-corrected chi connectivity index (χ3v) is 4.76. The Bertz CT molecular complexity index is 1230. The minimum Gasteiger partial charge on any atom is -0.502 e. The predicted molar refractivity (Wildman–Crippen MR) is 114 cm³/mol. The maximum atomic E-state index is 12.6. The summed E-state index contributed by atoms with van der Waals surface area (Å²) in [6, 6.07) is 10.6. The van der Waals surface area contributed by atoms with E-state index in [2.05, 4.69) is 6.92 Å². The molecule has 170 valence electrons. The van der Waals surface area contributed by atoms with Gasteiger partial charge < -0.3 is 14.3 Å². The van der Waals surface area contributed by atoms with Gasteiger partial charge in [-0.05, 0) is 35.7 Å². The third-order valence-electron chi connectivity index (χ3n) is 4.76. The molecule has 0 unspecified atom stereocenters. The fraction of sp³-hybridized carbons (Fsp3) is 0.136. The molecule has 3 rings (SSSR count). The van der Waals surface area contributed by atoms with Gasteiger partial charge in [-0.1, -0.05) is 37.6 Å². The largest absolute Gasteiger partial charge is 0.502 e. The molecule has 1 heterocycles. The summed E-state index contributed by atoms with van der Waals surface area (Å²) < 4.78 is 10.0. The molecule has 0 aliphatic heterocycles. The monoisotopic (exact) mass is 453 g/mol. The van der Waals surface area contributed by atoms with Crippen molar-refractivity contribution in [3.05, 3.63) is 81.3 Å². The van der Waals surface area contributed by atoms with Crippen molar-refractivity contribution in [1.29, 1.82) is 0 Å². The van der Waals surface area contributed by atoms with E-state index in [1.165, 1.54) is 12.3 Å². The predicted octanol–water partition coefficient (Wildman–Crippen LogP) is 3.11. The second-order valence-corrected chi connectivity index (χ2v) is 6.87. The molecule has 11 nitrogen and oxygen atoms in total. The Morgan fingerprint density at radius 2 is 1.82 bits per heavy atom. The van der Waals surface area contributed by atoms with Gasteiger partial charge in [0.1, 0.15) is 5.56 Å². The number of aryl methyl sites for hydroxylation is 1. The van der Waals surface area contributed by atoms with Crippen LogP contribution in [0.1, 0.15) is 50.2 Å². The normalized spacial score (nSPS) is 10.5. The zero-order valence-electron chi connectivity index (χ0n) is 17.4. The van der Waals surface area contributed by atoms with E-state index in [1.807, 2.05) is 12.1 Å². The Morgan fingerprint density at radius 3 is 2.42 bits per heavy atom. The van der Waals surface area contributed by atoms with Gasteiger partial charge in [0.05, 0.1) is 16.7 Å². The number of nitro groups is 1. The van der Waals surface area contributed by atoms with Crippen molar-refractivity contribution in [2.24, 2.45) is 5.84 Å². The number of benzene rings is 2. The standard InChI is InChI=1S/C22H19N3O8/c1-2-3-12-4-6-13(7-5-12)14-10-11-32-19(14)22(29)33-21(28)15-8-9-16(26)18(25(30)31)17(15)20(27)24-23/h4-11,26H,2-3,23H2,1H3,(H,24,27). The van der Waals surface area contributed by atoms with Crippen molar-refractivity contribution in [3.8, 4) is 16.9 Å². The minimum atomic E-state index is -1.37. The molecule has 0 spiro atoms. The van der Waals surface area contributed by atoms with Crippen LogP contribution >= 0.6 is 0 Å². The first-order valence-electron chi connectivity index (χ1n) is 9.73. The molecule has 1 amide bonds. The highest BCUT2D eigenvalue weighted by Gasteiger charge is 2.33. The van der Waals surface area contributed by atoms with Gasteiger partial charge in [-0.2, -0.15) is 0 Å². The van der Waals surface area contributed by atoms with Crippen LogP contribution in [-0.4, -0.2) is 27.9 Å². The van der Waals surface area contributed by atoms with Crippen LogP contribution in [0.4, 0.5) is 5.69 Å². The van der Waals surface area contributed by atoms with E-state index in [9.17, 15) is 29.6 Å². The summed E-state index contributed by atoms with van der Waals surface area (Å²) in [5, 5.41) is 21.1. The number of aromatic hydroxyl groups is 1. The lowest BCUT2D eigenvalue weighted by Gasteiger charge is -2.09. The van der Waals surface area contributed by atoms with E-state index in [4.69, 9.17) is 15.0 Å². The maximum Gasteiger partial charge on any atom is 0.382 e. The van der Waals surface area contributed by atoms with Gasteiger partial charge in [-0.3, -0.25) is 20.3 Å². The molecule has 0 atom stereocenters. The molecule has 4 N–H and O–H groups in total. The molecular formula is C22H19N3O8. The molecule has 0 saturated heterocycles.